The van der Waals surface area contributed by atoms with Gasteiger partial charge in [0.05, 0.1) is 5.25 Å². The van der Waals surface area contributed by atoms with Crippen LogP contribution in [0.15, 0.2) is 41.7 Å². The number of rotatable bonds is 4. The van der Waals surface area contributed by atoms with Crippen LogP contribution in [0.3, 0.4) is 0 Å². The van der Waals surface area contributed by atoms with Gasteiger partial charge in [-0.2, -0.15) is 0 Å². The van der Waals surface area contributed by atoms with Crippen LogP contribution < -0.4 is 5.32 Å². The standard InChI is InChI=1S/C14H14ClN3OS/c1-9-7-13(17-8-16-9)20-10(2)14(19)18-12-5-3-11(15)4-6-12/h3-8,10H,1-2H3,(H,18,19)/t10-/m1/s1. The van der Waals surface area contributed by atoms with E-state index >= 15 is 0 Å². The number of amides is 1. The highest BCUT2D eigenvalue weighted by Gasteiger charge is 2.15. The van der Waals surface area contributed by atoms with Crippen molar-refractivity contribution in [2.45, 2.75) is 24.1 Å². The predicted molar refractivity (Wildman–Crippen MR) is 82.2 cm³/mol. The maximum absolute atomic E-state index is 12.1. The number of nitrogens with zero attached hydrogens (tertiary/aromatic N) is 2. The molecular formula is C14H14ClN3OS. The van der Waals surface area contributed by atoms with Gasteiger partial charge in [-0.3, -0.25) is 4.79 Å². The molecule has 0 aliphatic heterocycles. The Bertz CT molecular complexity index is 604. The lowest BCUT2D eigenvalue weighted by molar-refractivity contribution is -0.115. The topological polar surface area (TPSA) is 54.9 Å². The van der Waals surface area contributed by atoms with E-state index in [-0.39, 0.29) is 11.2 Å². The molecule has 1 amide bonds. The third-order valence-electron chi connectivity index (χ3n) is 2.56. The Morgan fingerprint density at radius 1 is 1.30 bits per heavy atom. The van der Waals surface area contributed by atoms with E-state index in [9.17, 15) is 4.79 Å². The summed E-state index contributed by atoms with van der Waals surface area (Å²) in [6.45, 7) is 3.73. The van der Waals surface area contributed by atoms with Crippen LogP contribution in [-0.2, 0) is 4.79 Å². The molecule has 20 heavy (non-hydrogen) atoms. The number of aryl methyl sites for hydroxylation is 1. The smallest absolute Gasteiger partial charge is 0.237 e. The predicted octanol–water partition coefficient (Wildman–Crippen LogP) is 3.56. The average Bonchev–Trinajstić information content (AvgIpc) is 2.41. The molecule has 1 atom stereocenters. The quantitative estimate of drug-likeness (QED) is 0.693. The van der Waals surface area contributed by atoms with Crippen molar-refractivity contribution in [1.82, 2.24) is 9.97 Å². The number of carbonyl (C=O) groups is 1. The van der Waals surface area contributed by atoms with Gasteiger partial charge in [0, 0.05) is 16.4 Å². The number of thioether (sulfide) groups is 1. The van der Waals surface area contributed by atoms with Crippen LogP contribution >= 0.6 is 23.4 Å². The minimum atomic E-state index is -0.250. The molecule has 0 bridgehead atoms. The van der Waals surface area contributed by atoms with Crippen molar-refractivity contribution in [3.63, 3.8) is 0 Å². The summed E-state index contributed by atoms with van der Waals surface area (Å²) in [6.07, 6.45) is 1.50. The van der Waals surface area contributed by atoms with Crippen LogP contribution in [0.2, 0.25) is 5.02 Å². The second-order valence-electron chi connectivity index (χ2n) is 4.25. The maximum atomic E-state index is 12.1. The first-order chi connectivity index (χ1) is 9.54. The molecule has 0 radical (unpaired) electrons. The minimum Gasteiger partial charge on any atom is -0.325 e. The second kappa shape index (κ2) is 6.72. The molecule has 2 aromatic rings. The molecule has 1 aromatic carbocycles. The van der Waals surface area contributed by atoms with Gasteiger partial charge in [-0.15, -0.1) is 0 Å². The Morgan fingerprint density at radius 2 is 2.00 bits per heavy atom. The molecular weight excluding hydrogens is 294 g/mol. The van der Waals surface area contributed by atoms with Crippen molar-refractivity contribution in [2.75, 3.05) is 5.32 Å². The van der Waals surface area contributed by atoms with Crippen LogP contribution in [0.4, 0.5) is 5.69 Å². The van der Waals surface area contributed by atoms with E-state index < -0.39 is 0 Å². The minimum absolute atomic E-state index is 0.0754. The largest absolute Gasteiger partial charge is 0.325 e. The number of aromatic nitrogens is 2. The van der Waals surface area contributed by atoms with Gasteiger partial charge in [-0.25, -0.2) is 9.97 Å². The van der Waals surface area contributed by atoms with E-state index in [2.05, 4.69) is 15.3 Å². The van der Waals surface area contributed by atoms with Crippen molar-refractivity contribution in [3.05, 3.63) is 47.4 Å². The molecule has 1 N–H and O–H groups in total. The van der Waals surface area contributed by atoms with Crippen molar-refractivity contribution in [1.29, 1.82) is 0 Å². The first-order valence-corrected chi connectivity index (χ1v) is 7.32. The molecule has 0 aliphatic carbocycles. The van der Waals surface area contributed by atoms with Crippen molar-refractivity contribution in [3.8, 4) is 0 Å². The molecule has 6 heteroatoms. The number of benzene rings is 1. The summed E-state index contributed by atoms with van der Waals surface area (Å²) < 4.78 is 0. The van der Waals surface area contributed by atoms with Gasteiger partial charge in [0.1, 0.15) is 11.4 Å². The number of hydrogen-bond acceptors (Lipinski definition) is 4. The van der Waals surface area contributed by atoms with Gasteiger partial charge in [0.15, 0.2) is 0 Å². The Labute approximate surface area is 127 Å². The molecule has 0 aliphatic rings. The second-order valence-corrected chi connectivity index (χ2v) is 6.05. The molecule has 2 rings (SSSR count). The van der Waals surface area contributed by atoms with Gasteiger partial charge in [-0.1, -0.05) is 23.4 Å². The third-order valence-corrected chi connectivity index (χ3v) is 3.84. The Hall–Kier alpha value is -1.59. The summed E-state index contributed by atoms with van der Waals surface area (Å²) in [4.78, 5) is 20.2. The van der Waals surface area contributed by atoms with E-state index in [0.29, 0.717) is 5.02 Å². The van der Waals surface area contributed by atoms with Crippen LogP contribution in [-0.4, -0.2) is 21.1 Å². The summed E-state index contributed by atoms with van der Waals surface area (Å²) in [5, 5.41) is 4.02. The molecule has 0 unspecified atom stereocenters. The monoisotopic (exact) mass is 307 g/mol. The fraction of sp³-hybridized carbons (Fsp3) is 0.214. The lowest BCUT2D eigenvalue weighted by Gasteiger charge is -2.11. The van der Waals surface area contributed by atoms with Gasteiger partial charge in [0.2, 0.25) is 5.91 Å². The molecule has 1 aromatic heterocycles. The zero-order valence-corrected chi connectivity index (χ0v) is 12.7. The number of anilines is 1. The van der Waals surface area contributed by atoms with Crippen LogP contribution in [0, 0.1) is 6.92 Å². The molecule has 104 valence electrons. The highest BCUT2D eigenvalue weighted by atomic mass is 35.5. The van der Waals surface area contributed by atoms with Gasteiger partial charge >= 0.3 is 0 Å². The number of hydrogen-bond donors (Lipinski definition) is 1. The molecule has 0 spiro atoms. The third kappa shape index (κ3) is 4.21. The average molecular weight is 308 g/mol. The first-order valence-electron chi connectivity index (χ1n) is 6.06. The van der Waals surface area contributed by atoms with Crippen LogP contribution in [0.1, 0.15) is 12.6 Å². The van der Waals surface area contributed by atoms with E-state index in [1.54, 1.807) is 24.3 Å². The summed E-state index contributed by atoms with van der Waals surface area (Å²) in [6, 6.07) is 8.88. The van der Waals surface area contributed by atoms with E-state index in [4.69, 9.17) is 11.6 Å². The molecule has 0 saturated heterocycles. The zero-order chi connectivity index (χ0) is 14.5. The normalized spacial score (nSPS) is 11.9. The Morgan fingerprint density at radius 3 is 2.65 bits per heavy atom. The lowest BCUT2D eigenvalue weighted by atomic mass is 10.3. The summed E-state index contributed by atoms with van der Waals surface area (Å²) >= 11 is 7.20. The van der Waals surface area contributed by atoms with Crippen LogP contribution in [0.5, 0.6) is 0 Å². The fourth-order valence-electron chi connectivity index (χ4n) is 1.51. The first kappa shape index (κ1) is 14.8. The SMILES string of the molecule is Cc1cc(S[C@H](C)C(=O)Nc2ccc(Cl)cc2)ncn1. The highest BCUT2D eigenvalue weighted by molar-refractivity contribution is 8.00. The number of nitrogens with one attached hydrogen (secondary N) is 1. The van der Waals surface area contributed by atoms with Crippen LogP contribution in [0.25, 0.3) is 0 Å². The van der Waals surface area contributed by atoms with Gasteiger partial charge in [0.25, 0.3) is 0 Å². The number of carbonyl (C=O) groups excluding carboxylic acids is 1. The summed E-state index contributed by atoms with van der Waals surface area (Å²) in [5.41, 5.74) is 1.61. The van der Waals surface area contributed by atoms with Crippen molar-refractivity contribution < 1.29 is 4.79 Å². The van der Waals surface area contributed by atoms with Gasteiger partial charge in [-0.05, 0) is 44.2 Å². The zero-order valence-electron chi connectivity index (χ0n) is 11.1. The molecule has 4 nitrogen and oxygen atoms in total. The van der Waals surface area contributed by atoms with E-state index in [1.807, 2.05) is 19.9 Å². The fourth-order valence-corrected chi connectivity index (χ4v) is 2.51. The lowest BCUT2D eigenvalue weighted by Crippen LogP contribution is -2.22. The molecule has 0 saturated carbocycles. The van der Waals surface area contributed by atoms with Gasteiger partial charge < -0.3 is 5.32 Å². The number of halogens is 1. The highest BCUT2D eigenvalue weighted by Crippen LogP contribution is 2.22. The van der Waals surface area contributed by atoms with E-state index in [0.717, 1.165) is 16.4 Å². The Balaban J connectivity index is 1.96. The van der Waals surface area contributed by atoms with E-state index in [1.165, 1.54) is 18.1 Å². The van der Waals surface area contributed by atoms with Crippen molar-refractivity contribution >= 4 is 35.0 Å². The van der Waals surface area contributed by atoms with Crippen molar-refractivity contribution in [2.24, 2.45) is 0 Å². The molecule has 1 heterocycles. The Kier molecular flexibility index (Phi) is 4.98. The maximum Gasteiger partial charge on any atom is 0.237 e. The summed E-state index contributed by atoms with van der Waals surface area (Å²) in [5.74, 6) is -0.0754. The molecule has 0 fully saturated rings. The summed E-state index contributed by atoms with van der Waals surface area (Å²) in [7, 11) is 0.